The van der Waals surface area contributed by atoms with Crippen molar-refractivity contribution in [2.45, 2.75) is 26.7 Å². The van der Waals surface area contributed by atoms with Crippen molar-refractivity contribution in [2.75, 3.05) is 4.90 Å². The molecule has 4 heteroatoms. The van der Waals surface area contributed by atoms with Crippen molar-refractivity contribution in [3.05, 3.63) is 83.8 Å². The van der Waals surface area contributed by atoms with E-state index in [4.69, 9.17) is 0 Å². The van der Waals surface area contributed by atoms with Crippen LogP contribution in [0.4, 0.5) is 11.4 Å². The van der Waals surface area contributed by atoms with Crippen LogP contribution in [0.3, 0.4) is 0 Å². The van der Waals surface area contributed by atoms with E-state index in [1.807, 2.05) is 61.5 Å². The van der Waals surface area contributed by atoms with Gasteiger partial charge in [0.1, 0.15) is 0 Å². The highest BCUT2D eigenvalue weighted by Crippen LogP contribution is 2.40. The van der Waals surface area contributed by atoms with Gasteiger partial charge in [-0.05, 0) is 67.3 Å². The topological polar surface area (TPSA) is 46.1 Å². The smallest absolute Gasteiger partial charge is 0.231 e. The van der Waals surface area contributed by atoms with Crippen molar-refractivity contribution in [3.8, 4) is 11.1 Å². The first-order valence-electron chi connectivity index (χ1n) is 9.84. The van der Waals surface area contributed by atoms with Crippen molar-refractivity contribution in [2.24, 2.45) is 0 Å². The van der Waals surface area contributed by atoms with Gasteiger partial charge in [-0.25, -0.2) is 0 Å². The molecule has 29 heavy (non-hydrogen) atoms. The third-order valence-electron chi connectivity index (χ3n) is 5.50. The molecule has 0 bridgehead atoms. The summed E-state index contributed by atoms with van der Waals surface area (Å²) in [6.45, 7) is 4.03. The van der Waals surface area contributed by atoms with Gasteiger partial charge in [0.2, 0.25) is 5.91 Å². The maximum absolute atomic E-state index is 13.0. The number of amides is 1. The summed E-state index contributed by atoms with van der Waals surface area (Å²) in [5, 5.41) is 0.995. The van der Waals surface area contributed by atoms with E-state index in [-0.39, 0.29) is 5.91 Å². The largest absolute Gasteiger partial charge is 0.280 e. The summed E-state index contributed by atoms with van der Waals surface area (Å²) < 4.78 is 0. The molecule has 5 rings (SSSR count). The highest BCUT2D eigenvalue weighted by molar-refractivity contribution is 6.11. The van der Waals surface area contributed by atoms with Crippen LogP contribution < -0.4 is 4.90 Å². The number of hydrogen-bond donors (Lipinski definition) is 0. The standard InChI is InChI=1S/C25H21N3O/c1-16-4-3-5-21(12-16)28-24(29)11-9-20-15-27-23-10-8-18(13-22(23)25(20)28)19-7-6-17(2)26-14-19/h3-8,10,12-15H,9,11H2,1-2H3. The molecule has 0 aliphatic carbocycles. The van der Waals surface area contributed by atoms with Crippen molar-refractivity contribution in [1.82, 2.24) is 9.97 Å². The van der Waals surface area contributed by atoms with Gasteiger partial charge in [-0.2, -0.15) is 0 Å². The average Bonchev–Trinajstić information content (AvgIpc) is 2.73. The molecule has 1 aliphatic rings. The minimum absolute atomic E-state index is 0.123. The van der Waals surface area contributed by atoms with E-state index in [0.717, 1.165) is 56.6 Å². The summed E-state index contributed by atoms with van der Waals surface area (Å²) in [5.41, 5.74) is 8.11. The molecular weight excluding hydrogens is 358 g/mol. The average molecular weight is 379 g/mol. The SMILES string of the molecule is Cc1cccc(N2C(=O)CCc3cnc4ccc(-c5ccc(C)nc5)cc4c32)c1. The Morgan fingerprint density at radius 3 is 2.52 bits per heavy atom. The number of rotatable bonds is 2. The zero-order chi connectivity index (χ0) is 20.0. The zero-order valence-electron chi connectivity index (χ0n) is 16.5. The number of fused-ring (bicyclic) bond motifs is 3. The summed E-state index contributed by atoms with van der Waals surface area (Å²) in [6, 6.07) is 18.4. The molecular formula is C25H21N3O. The number of carbonyl (C=O) groups excluding carboxylic acids is 1. The van der Waals surface area contributed by atoms with E-state index in [1.54, 1.807) is 0 Å². The molecule has 4 aromatic rings. The molecule has 0 saturated heterocycles. The Balaban J connectivity index is 1.75. The van der Waals surface area contributed by atoms with Gasteiger partial charge >= 0.3 is 0 Å². The Labute approximate surface area is 169 Å². The van der Waals surface area contributed by atoms with E-state index in [0.29, 0.717) is 6.42 Å². The number of anilines is 2. The number of carbonyl (C=O) groups is 1. The Kier molecular flexibility index (Phi) is 4.13. The second kappa shape index (κ2) is 6.82. The number of aryl methyl sites for hydroxylation is 3. The molecule has 1 amide bonds. The highest BCUT2D eigenvalue weighted by Gasteiger charge is 2.28. The normalized spacial score (nSPS) is 13.6. The van der Waals surface area contributed by atoms with E-state index in [1.165, 1.54) is 0 Å². The van der Waals surface area contributed by atoms with Crippen LogP contribution in [-0.4, -0.2) is 15.9 Å². The quantitative estimate of drug-likeness (QED) is 0.460. The van der Waals surface area contributed by atoms with Crippen molar-refractivity contribution >= 4 is 28.2 Å². The van der Waals surface area contributed by atoms with Crippen LogP contribution in [-0.2, 0) is 11.2 Å². The molecule has 0 saturated carbocycles. The second-order valence-electron chi connectivity index (χ2n) is 7.62. The fraction of sp³-hybridized carbons (Fsp3) is 0.160. The lowest BCUT2D eigenvalue weighted by atomic mass is 9.96. The lowest BCUT2D eigenvalue weighted by molar-refractivity contribution is -0.118. The summed E-state index contributed by atoms with van der Waals surface area (Å²) >= 11 is 0. The minimum Gasteiger partial charge on any atom is -0.280 e. The number of benzene rings is 2. The molecule has 142 valence electrons. The predicted molar refractivity (Wildman–Crippen MR) is 116 cm³/mol. The minimum atomic E-state index is 0.123. The first-order valence-corrected chi connectivity index (χ1v) is 9.84. The first kappa shape index (κ1) is 17.6. The molecule has 0 spiro atoms. The van der Waals surface area contributed by atoms with Gasteiger partial charge in [-0.15, -0.1) is 0 Å². The Bertz CT molecular complexity index is 1240. The van der Waals surface area contributed by atoms with Crippen LogP contribution in [0, 0.1) is 13.8 Å². The third-order valence-corrected chi connectivity index (χ3v) is 5.50. The van der Waals surface area contributed by atoms with Crippen LogP contribution >= 0.6 is 0 Å². The lowest BCUT2D eigenvalue weighted by Crippen LogP contribution is -2.31. The lowest BCUT2D eigenvalue weighted by Gasteiger charge is -2.31. The fourth-order valence-electron chi connectivity index (χ4n) is 4.00. The molecule has 2 aromatic carbocycles. The summed E-state index contributed by atoms with van der Waals surface area (Å²) in [6.07, 6.45) is 5.02. The van der Waals surface area contributed by atoms with Gasteiger partial charge in [0, 0.05) is 41.1 Å². The van der Waals surface area contributed by atoms with Gasteiger partial charge in [0.25, 0.3) is 0 Å². The van der Waals surface area contributed by atoms with Crippen LogP contribution in [0.15, 0.2) is 67.0 Å². The van der Waals surface area contributed by atoms with Gasteiger partial charge in [-0.3, -0.25) is 19.7 Å². The van der Waals surface area contributed by atoms with Crippen LogP contribution in [0.25, 0.3) is 22.0 Å². The van der Waals surface area contributed by atoms with E-state index >= 15 is 0 Å². The maximum Gasteiger partial charge on any atom is 0.231 e. The highest BCUT2D eigenvalue weighted by atomic mass is 16.2. The van der Waals surface area contributed by atoms with Gasteiger partial charge in [0.15, 0.2) is 0 Å². The van der Waals surface area contributed by atoms with Crippen LogP contribution in [0.1, 0.15) is 23.2 Å². The molecule has 4 nitrogen and oxygen atoms in total. The number of nitrogens with zero attached hydrogens (tertiary/aromatic N) is 3. The van der Waals surface area contributed by atoms with Gasteiger partial charge < -0.3 is 0 Å². The third kappa shape index (κ3) is 3.07. The van der Waals surface area contributed by atoms with Crippen molar-refractivity contribution in [3.63, 3.8) is 0 Å². The Hall–Kier alpha value is -3.53. The summed E-state index contributed by atoms with van der Waals surface area (Å²) in [5.74, 6) is 0.123. The van der Waals surface area contributed by atoms with Crippen molar-refractivity contribution < 1.29 is 4.79 Å². The molecule has 0 radical (unpaired) electrons. The second-order valence-corrected chi connectivity index (χ2v) is 7.62. The molecule has 3 heterocycles. The van der Waals surface area contributed by atoms with Crippen LogP contribution in [0.2, 0.25) is 0 Å². The zero-order valence-corrected chi connectivity index (χ0v) is 16.5. The predicted octanol–water partition coefficient (Wildman–Crippen LogP) is 5.52. The number of pyridine rings is 2. The van der Waals surface area contributed by atoms with E-state index in [9.17, 15) is 4.79 Å². The summed E-state index contributed by atoms with van der Waals surface area (Å²) in [4.78, 5) is 24.0. The number of aromatic nitrogens is 2. The Morgan fingerprint density at radius 1 is 0.862 bits per heavy atom. The van der Waals surface area contributed by atoms with Gasteiger partial charge in [0.05, 0.1) is 11.2 Å². The van der Waals surface area contributed by atoms with Gasteiger partial charge in [-0.1, -0.05) is 24.3 Å². The molecule has 0 N–H and O–H groups in total. The molecule has 0 unspecified atom stereocenters. The monoisotopic (exact) mass is 379 g/mol. The first-order chi connectivity index (χ1) is 14.1. The molecule has 2 aromatic heterocycles. The molecule has 1 aliphatic heterocycles. The number of hydrogen-bond acceptors (Lipinski definition) is 3. The van der Waals surface area contributed by atoms with E-state index in [2.05, 4.69) is 34.2 Å². The Morgan fingerprint density at radius 2 is 1.72 bits per heavy atom. The van der Waals surface area contributed by atoms with Crippen LogP contribution in [0.5, 0.6) is 0 Å². The fourth-order valence-corrected chi connectivity index (χ4v) is 4.00. The molecule has 0 fully saturated rings. The maximum atomic E-state index is 13.0. The molecule has 0 atom stereocenters. The van der Waals surface area contributed by atoms with Crippen molar-refractivity contribution in [1.29, 1.82) is 0 Å². The summed E-state index contributed by atoms with van der Waals surface area (Å²) in [7, 11) is 0. The van der Waals surface area contributed by atoms with E-state index < -0.39 is 0 Å².